The van der Waals surface area contributed by atoms with Crippen LogP contribution in [0.1, 0.15) is 23.9 Å². The van der Waals surface area contributed by atoms with Crippen molar-refractivity contribution in [1.82, 2.24) is 9.97 Å². The van der Waals surface area contributed by atoms with Crippen molar-refractivity contribution >= 4 is 12.2 Å². The summed E-state index contributed by atoms with van der Waals surface area (Å²) in [6.45, 7) is 6.32. The number of nitrogens with zero attached hydrogens (tertiary/aromatic N) is 1. The molecule has 0 aliphatic rings. The Hall–Kier alpha value is -1.48. The maximum absolute atomic E-state index is 5.20. The normalized spacial score (nSPS) is 10.5. The van der Waals surface area contributed by atoms with E-state index in [0.29, 0.717) is 4.64 Å². The van der Waals surface area contributed by atoms with E-state index in [4.69, 9.17) is 12.2 Å². The average molecular weight is 244 g/mol. The molecule has 0 amide bonds. The number of hydrogen-bond acceptors (Lipinski definition) is 2. The molecule has 0 saturated carbocycles. The molecular weight excluding hydrogens is 228 g/mol. The zero-order chi connectivity index (χ0) is 12.4. The molecule has 0 fully saturated rings. The summed E-state index contributed by atoms with van der Waals surface area (Å²) in [5.74, 6) is 0.938. The van der Waals surface area contributed by atoms with Crippen LogP contribution in [0.5, 0.6) is 0 Å². The van der Waals surface area contributed by atoms with Gasteiger partial charge in [0.1, 0.15) is 10.5 Å². The Morgan fingerprint density at radius 3 is 2.76 bits per heavy atom. The highest BCUT2D eigenvalue weighted by molar-refractivity contribution is 7.71. The number of nitrogens with one attached hydrogen (secondary N) is 1. The Morgan fingerprint density at radius 1 is 1.29 bits per heavy atom. The van der Waals surface area contributed by atoms with E-state index in [0.717, 1.165) is 17.9 Å². The Kier molecular flexibility index (Phi) is 3.38. The van der Waals surface area contributed by atoms with Crippen LogP contribution in [0, 0.1) is 18.5 Å². The van der Waals surface area contributed by atoms with Gasteiger partial charge in [0.05, 0.1) is 0 Å². The Bertz CT molecular complexity index is 599. The number of rotatable bonds is 2. The summed E-state index contributed by atoms with van der Waals surface area (Å²) >= 11 is 5.20. The van der Waals surface area contributed by atoms with E-state index >= 15 is 0 Å². The molecule has 1 aromatic carbocycles. The van der Waals surface area contributed by atoms with Crippen molar-refractivity contribution in [3.63, 3.8) is 0 Å². The molecule has 0 bridgehead atoms. The molecule has 0 saturated heterocycles. The van der Waals surface area contributed by atoms with Gasteiger partial charge in [0.15, 0.2) is 0 Å². The van der Waals surface area contributed by atoms with Gasteiger partial charge in [0.25, 0.3) is 0 Å². The maximum atomic E-state index is 5.20. The van der Waals surface area contributed by atoms with E-state index in [2.05, 4.69) is 48.9 Å². The molecule has 0 atom stereocenters. The lowest BCUT2D eigenvalue weighted by Crippen LogP contribution is -1.97. The van der Waals surface area contributed by atoms with Gasteiger partial charge in [-0.3, -0.25) is 0 Å². The van der Waals surface area contributed by atoms with E-state index < -0.39 is 0 Å². The van der Waals surface area contributed by atoms with Crippen molar-refractivity contribution in [2.24, 2.45) is 0 Å². The first-order valence-electron chi connectivity index (χ1n) is 5.78. The predicted octanol–water partition coefficient (Wildman–Crippen LogP) is 3.99. The Morgan fingerprint density at radius 2 is 2.06 bits per heavy atom. The molecule has 17 heavy (non-hydrogen) atoms. The number of benzene rings is 1. The first-order valence-corrected chi connectivity index (χ1v) is 6.19. The minimum absolute atomic E-state index is 0.650. The number of aromatic amines is 1. The van der Waals surface area contributed by atoms with Crippen LogP contribution in [0.2, 0.25) is 0 Å². The lowest BCUT2D eigenvalue weighted by molar-refractivity contribution is 0.936. The lowest BCUT2D eigenvalue weighted by Gasteiger charge is -2.09. The van der Waals surface area contributed by atoms with Crippen LogP contribution in [-0.4, -0.2) is 9.97 Å². The van der Waals surface area contributed by atoms with Gasteiger partial charge >= 0.3 is 0 Å². The molecule has 0 radical (unpaired) electrons. The van der Waals surface area contributed by atoms with E-state index in [9.17, 15) is 0 Å². The highest BCUT2D eigenvalue weighted by Crippen LogP contribution is 2.23. The summed E-state index contributed by atoms with van der Waals surface area (Å²) in [7, 11) is 0. The fraction of sp³-hybridized carbons (Fsp3) is 0.286. The van der Waals surface area contributed by atoms with Gasteiger partial charge in [-0.05, 0) is 31.0 Å². The largest absolute Gasteiger partial charge is 0.343 e. The molecule has 2 rings (SSSR count). The van der Waals surface area contributed by atoms with Gasteiger partial charge in [0, 0.05) is 17.7 Å². The first-order chi connectivity index (χ1) is 8.11. The molecule has 1 aromatic heterocycles. The van der Waals surface area contributed by atoms with Crippen molar-refractivity contribution in [2.75, 3.05) is 0 Å². The quantitative estimate of drug-likeness (QED) is 0.809. The first kappa shape index (κ1) is 12.0. The topological polar surface area (TPSA) is 28.7 Å². The maximum Gasteiger partial charge on any atom is 0.130 e. The van der Waals surface area contributed by atoms with Crippen LogP contribution in [0.25, 0.3) is 11.3 Å². The summed E-state index contributed by atoms with van der Waals surface area (Å²) in [4.78, 5) is 7.63. The van der Waals surface area contributed by atoms with Gasteiger partial charge in [-0.15, -0.1) is 0 Å². The van der Waals surface area contributed by atoms with E-state index in [-0.39, 0.29) is 0 Å². The van der Waals surface area contributed by atoms with Crippen LogP contribution < -0.4 is 0 Å². The molecule has 1 heterocycles. The highest BCUT2D eigenvalue weighted by Gasteiger charge is 2.05. The summed E-state index contributed by atoms with van der Waals surface area (Å²) < 4.78 is 0.650. The molecule has 0 aliphatic heterocycles. The SMILES string of the molecule is CCc1nc(=S)cc(-c2cccc(C)c2C)[nH]1. The molecular formula is C14H16N2S. The number of H-pyrrole nitrogens is 1. The van der Waals surface area contributed by atoms with Crippen molar-refractivity contribution in [1.29, 1.82) is 0 Å². The van der Waals surface area contributed by atoms with Gasteiger partial charge in [-0.25, -0.2) is 4.98 Å². The van der Waals surface area contributed by atoms with Gasteiger partial charge < -0.3 is 4.98 Å². The second-order valence-electron chi connectivity index (χ2n) is 4.18. The second-order valence-corrected chi connectivity index (χ2v) is 4.60. The number of hydrogen-bond donors (Lipinski definition) is 1. The van der Waals surface area contributed by atoms with E-state index in [1.165, 1.54) is 16.7 Å². The van der Waals surface area contributed by atoms with Crippen molar-refractivity contribution < 1.29 is 0 Å². The standard InChI is InChI=1S/C14H16N2S/c1-4-13-15-12(8-14(17)16-13)11-7-5-6-9(2)10(11)3/h5-8H,4H2,1-3H3,(H,15,16,17). The molecule has 0 unspecified atom stereocenters. The summed E-state index contributed by atoms with van der Waals surface area (Å²) in [6.07, 6.45) is 0.863. The summed E-state index contributed by atoms with van der Waals surface area (Å²) in [5, 5.41) is 0. The van der Waals surface area contributed by atoms with E-state index in [1.54, 1.807) is 0 Å². The molecule has 2 aromatic rings. The fourth-order valence-electron chi connectivity index (χ4n) is 1.86. The minimum Gasteiger partial charge on any atom is -0.343 e. The minimum atomic E-state index is 0.650. The van der Waals surface area contributed by atoms with Gasteiger partial charge in [-0.2, -0.15) is 0 Å². The van der Waals surface area contributed by atoms with Crippen molar-refractivity contribution in [3.05, 3.63) is 45.9 Å². The zero-order valence-corrected chi connectivity index (χ0v) is 11.2. The molecule has 1 N–H and O–H groups in total. The summed E-state index contributed by atoms with van der Waals surface area (Å²) in [6, 6.07) is 8.23. The van der Waals surface area contributed by atoms with Crippen molar-refractivity contribution in [3.8, 4) is 11.3 Å². The van der Waals surface area contributed by atoms with Crippen LogP contribution in [0.15, 0.2) is 24.3 Å². The molecule has 88 valence electrons. The third-order valence-electron chi connectivity index (χ3n) is 3.02. The van der Waals surface area contributed by atoms with Crippen molar-refractivity contribution in [2.45, 2.75) is 27.2 Å². The Labute approximate surface area is 107 Å². The summed E-state index contributed by atoms with van der Waals surface area (Å²) in [5.41, 5.74) is 4.83. The third kappa shape index (κ3) is 2.44. The Balaban J connectivity index is 2.64. The van der Waals surface area contributed by atoms with Crippen LogP contribution >= 0.6 is 12.2 Å². The van der Waals surface area contributed by atoms with Gasteiger partial charge in [0.2, 0.25) is 0 Å². The van der Waals surface area contributed by atoms with Crippen LogP contribution in [0.3, 0.4) is 0 Å². The lowest BCUT2D eigenvalue weighted by atomic mass is 10.0. The predicted molar refractivity (Wildman–Crippen MR) is 73.7 cm³/mol. The molecule has 0 aliphatic carbocycles. The zero-order valence-electron chi connectivity index (χ0n) is 10.4. The average Bonchev–Trinajstić information content (AvgIpc) is 2.31. The molecule has 3 heteroatoms. The van der Waals surface area contributed by atoms with E-state index in [1.807, 2.05) is 6.07 Å². The monoisotopic (exact) mass is 244 g/mol. The van der Waals surface area contributed by atoms with Crippen LogP contribution in [-0.2, 0) is 6.42 Å². The number of aromatic nitrogens is 2. The third-order valence-corrected chi connectivity index (χ3v) is 3.23. The highest BCUT2D eigenvalue weighted by atomic mass is 32.1. The smallest absolute Gasteiger partial charge is 0.130 e. The van der Waals surface area contributed by atoms with Crippen LogP contribution in [0.4, 0.5) is 0 Å². The second kappa shape index (κ2) is 4.80. The molecule has 2 nitrogen and oxygen atoms in total. The molecule has 0 spiro atoms. The van der Waals surface area contributed by atoms with Gasteiger partial charge in [-0.1, -0.05) is 37.3 Å². The fourth-order valence-corrected chi connectivity index (χ4v) is 2.09. The number of aryl methyl sites for hydroxylation is 2.